The van der Waals surface area contributed by atoms with Crippen molar-refractivity contribution in [3.05, 3.63) is 40.1 Å². The molecule has 0 aliphatic heterocycles. The molecule has 1 aromatic carbocycles. The van der Waals surface area contributed by atoms with Gasteiger partial charge in [0, 0.05) is 5.92 Å². The molecule has 100 valence electrons. The first-order valence-electron chi connectivity index (χ1n) is 6.05. The van der Waals surface area contributed by atoms with Gasteiger partial charge in [0.05, 0.1) is 10.0 Å². The highest BCUT2D eigenvalue weighted by atomic mass is 79.9. The van der Waals surface area contributed by atoms with Crippen LogP contribution < -0.4 is 10.5 Å². The molecule has 0 saturated carbocycles. The van der Waals surface area contributed by atoms with Crippen LogP contribution in [0.1, 0.15) is 31.2 Å². The van der Waals surface area contributed by atoms with Gasteiger partial charge in [-0.25, -0.2) is 4.98 Å². The molecule has 1 aromatic heterocycles. The van der Waals surface area contributed by atoms with Crippen LogP contribution >= 0.6 is 15.9 Å². The van der Waals surface area contributed by atoms with E-state index in [0.29, 0.717) is 23.3 Å². The van der Waals surface area contributed by atoms with E-state index < -0.39 is 0 Å². The summed E-state index contributed by atoms with van der Waals surface area (Å²) in [7, 11) is 0. The zero-order chi connectivity index (χ0) is 14.0. The van der Waals surface area contributed by atoms with Crippen molar-refractivity contribution in [1.29, 1.82) is 0 Å². The monoisotopic (exact) mass is 321 g/mol. The van der Waals surface area contributed by atoms with Gasteiger partial charge >= 0.3 is 0 Å². The third-order valence-corrected chi connectivity index (χ3v) is 3.37. The molecule has 0 amide bonds. The first kappa shape index (κ1) is 13.8. The molecule has 0 radical (unpaired) electrons. The third-order valence-electron chi connectivity index (χ3n) is 2.72. The van der Waals surface area contributed by atoms with Gasteiger partial charge in [-0.1, -0.05) is 26.0 Å². The number of benzene rings is 1. The fourth-order valence-electron chi connectivity index (χ4n) is 1.52. The predicted octanol–water partition coefficient (Wildman–Crippen LogP) is 4.05. The zero-order valence-corrected chi connectivity index (χ0v) is 12.7. The Hall–Kier alpha value is -1.62. The smallest absolute Gasteiger partial charge is 0.227 e. The lowest BCUT2D eigenvalue weighted by molar-refractivity contribution is 0.450. The second kappa shape index (κ2) is 5.57. The summed E-state index contributed by atoms with van der Waals surface area (Å²) in [5.74, 6) is 2.55. The summed E-state index contributed by atoms with van der Waals surface area (Å²) in [5.41, 5.74) is 6.66. The largest absolute Gasteiger partial charge is 0.437 e. The van der Waals surface area contributed by atoms with Crippen molar-refractivity contribution >= 4 is 21.7 Å². The van der Waals surface area contributed by atoms with E-state index >= 15 is 0 Å². The lowest BCUT2D eigenvalue weighted by Gasteiger charge is -2.13. The Morgan fingerprint density at radius 2 is 1.89 bits per heavy atom. The molecule has 5 heteroatoms. The van der Waals surface area contributed by atoms with Crippen LogP contribution in [0.3, 0.4) is 0 Å². The van der Waals surface area contributed by atoms with Gasteiger partial charge in [0.1, 0.15) is 17.4 Å². The predicted molar refractivity (Wildman–Crippen MR) is 79.5 cm³/mol. The van der Waals surface area contributed by atoms with E-state index in [1.165, 1.54) is 0 Å². The molecule has 2 aromatic rings. The third kappa shape index (κ3) is 3.04. The number of halogens is 1. The number of nitrogens with two attached hydrogens (primary N) is 1. The van der Waals surface area contributed by atoms with E-state index in [4.69, 9.17) is 10.5 Å². The van der Waals surface area contributed by atoms with Gasteiger partial charge in [0.25, 0.3) is 0 Å². The van der Waals surface area contributed by atoms with Gasteiger partial charge in [-0.3, -0.25) is 0 Å². The summed E-state index contributed by atoms with van der Waals surface area (Å²) in [5, 5.41) is 0. The fourth-order valence-corrected chi connectivity index (χ4v) is 1.88. The van der Waals surface area contributed by atoms with Gasteiger partial charge in [0.2, 0.25) is 5.88 Å². The van der Waals surface area contributed by atoms with Crippen molar-refractivity contribution in [3.63, 3.8) is 0 Å². The van der Waals surface area contributed by atoms with E-state index in [1.807, 2.05) is 45.0 Å². The molecule has 2 N–H and O–H groups in total. The van der Waals surface area contributed by atoms with Crippen LogP contribution in [-0.2, 0) is 0 Å². The molecule has 4 nitrogen and oxygen atoms in total. The van der Waals surface area contributed by atoms with Gasteiger partial charge in [-0.05, 0) is 35.0 Å². The number of nitrogen functional groups attached to an aromatic ring is 1. The van der Waals surface area contributed by atoms with Crippen molar-refractivity contribution in [2.24, 2.45) is 0 Å². The summed E-state index contributed by atoms with van der Waals surface area (Å²) in [6, 6.07) is 7.62. The molecule has 19 heavy (non-hydrogen) atoms. The summed E-state index contributed by atoms with van der Waals surface area (Å²) in [6.07, 6.45) is 0. The minimum atomic E-state index is 0.199. The highest BCUT2D eigenvalue weighted by Gasteiger charge is 2.13. The SMILES string of the molecule is Cc1c(N)nc(C(C)C)nc1Oc1ccccc1Br. The highest BCUT2D eigenvalue weighted by molar-refractivity contribution is 9.10. The van der Waals surface area contributed by atoms with E-state index in [1.54, 1.807) is 0 Å². The van der Waals surface area contributed by atoms with Gasteiger partial charge in [-0.15, -0.1) is 0 Å². The molecule has 0 aliphatic carbocycles. The number of hydrogen-bond donors (Lipinski definition) is 1. The lowest BCUT2D eigenvalue weighted by Crippen LogP contribution is -2.06. The highest BCUT2D eigenvalue weighted by Crippen LogP contribution is 2.31. The van der Waals surface area contributed by atoms with Crippen molar-refractivity contribution in [3.8, 4) is 11.6 Å². The number of ether oxygens (including phenoxy) is 1. The van der Waals surface area contributed by atoms with Crippen LogP contribution in [0, 0.1) is 6.92 Å². The number of rotatable bonds is 3. The van der Waals surface area contributed by atoms with Crippen LogP contribution in [0.25, 0.3) is 0 Å². The normalized spacial score (nSPS) is 10.8. The Morgan fingerprint density at radius 1 is 1.21 bits per heavy atom. The number of anilines is 1. The molecule has 0 unspecified atom stereocenters. The Labute approximate surface area is 121 Å². The van der Waals surface area contributed by atoms with Gasteiger partial charge in [0.15, 0.2) is 0 Å². The standard InChI is InChI=1S/C14H16BrN3O/c1-8(2)13-17-12(16)9(3)14(18-13)19-11-7-5-4-6-10(11)15/h4-8H,1-3H3,(H2,16,17,18). The summed E-state index contributed by atoms with van der Waals surface area (Å²) in [6.45, 7) is 5.89. The van der Waals surface area contributed by atoms with Crippen LogP contribution in [-0.4, -0.2) is 9.97 Å². The van der Waals surface area contributed by atoms with Crippen LogP contribution in [0.2, 0.25) is 0 Å². The summed E-state index contributed by atoms with van der Waals surface area (Å²) in [4.78, 5) is 8.71. The van der Waals surface area contributed by atoms with Crippen molar-refractivity contribution in [2.75, 3.05) is 5.73 Å². The van der Waals surface area contributed by atoms with E-state index in [-0.39, 0.29) is 5.92 Å². The van der Waals surface area contributed by atoms with E-state index in [2.05, 4.69) is 25.9 Å². The minimum absolute atomic E-state index is 0.199. The fraction of sp³-hybridized carbons (Fsp3) is 0.286. The second-order valence-corrected chi connectivity index (χ2v) is 5.44. The first-order valence-corrected chi connectivity index (χ1v) is 6.84. The molecular weight excluding hydrogens is 306 g/mol. The maximum Gasteiger partial charge on any atom is 0.227 e. The Balaban J connectivity index is 2.42. The molecule has 0 saturated heterocycles. The van der Waals surface area contributed by atoms with E-state index in [9.17, 15) is 0 Å². The van der Waals surface area contributed by atoms with E-state index in [0.717, 1.165) is 10.0 Å². The molecule has 0 aliphatic rings. The van der Waals surface area contributed by atoms with Crippen molar-refractivity contribution in [2.45, 2.75) is 26.7 Å². The summed E-state index contributed by atoms with van der Waals surface area (Å²) >= 11 is 3.44. The Kier molecular flexibility index (Phi) is 4.04. The molecule has 2 rings (SSSR count). The molecule has 1 heterocycles. The van der Waals surface area contributed by atoms with Crippen molar-refractivity contribution < 1.29 is 4.74 Å². The quantitative estimate of drug-likeness (QED) is 0.926. The maximum atomic E-state index is 5.91. The van der Waals surface area contributed by atoms with Crippen LogP contribution in [0.5, 0.6) is 11.6 Å². The molecule has 0 fully saturated rings. The van der Waals surface area contributed by atoms with Crippen molar-refractivity contribution in [1.82, 2.24) is 9.97 Å². The number of para-hydroxylation sites is 1. The topological polar surface area (TPSA) is 61.0 Å². The summed E-state index contributed by atoms with van der Waals surface area (Å²) < 4.78 is 6.71. The minimum Gasteiger partial charge on any atom is -0.437 e. The molecular formula is C14H16BrN3O. The zero-order valence-electron chi connectivity index (χ0n) is 11.1. The maximum absolute atomic E-state index is 5.91. The Bertz CT molecular complexity index is 599. The Morgan fingerprint density at radius 3 is 2.53 bits per heavy atom. The molecule has 0 bridgehead atoms. The number of aromatic nitrogens is 2. The number of nitrogens with zero attached hydrogens (tertiary/aromatic N) is 2. The van der Waals surface area contributed by atoms with Crippen LogP contribution in [0.4, 0.5) is 5.82 Å². The average Bonchev–Trinajstić information content (AvgIpc) is 2.37. The average molecular weight is 322 g/mol. The lowest BCUT2D eigenvalue weighted by atomic mass is 10.2. The number of hydrogen-bond acceptors (Lipinski definition) is 4. The molecule has 0 spiro atoms. The van der Waals surface area contributed by atoms with Crippen LogP contribution in [0.15, 0.2) is 28.7 Å². The first-order chi connectivity index (χ1) is 8.99. The molecule has 0 atom stereocenters. The van der Waals surface area contributed by atoms with Gasteiger partial charge in [-0.2, -0.15) is 4.98 Å². The second-order valence-electron chi connectivity index (χ2n) is 4.58. The van der Waals surface area contributed by atoms with Gasteiger partial charge < -0.3 is 10.5 Å².